The summed E-state index contributed by atoms with van der Waals surface area (Å²) in [6.07, 6.45) is 6.68. The maximum absolute atomic E-state index is 13.9. The normalized spacial score (nSPS) is 12.3. The van der Waals surface area contributed by atoms with Crippen LogP contribution in [0.1, 0.15) is 66.9 Å². The van der Waals surface area contributed by atoms with Crippen molar-refractivity contribution in [2.45, 2.75) is 70.7 Å². The van der Waals surface area contributed by atoms with Gasteiger partial charge in [0, 0.05) is 30.5 Å². The Labute approximate surface area is 361 Å². The van der Waals surface area contributed by atoms with E-state index in [2.05, 4.69) is 26.6 Å². The molecule has 17 heteroatoms. The number of nitrogens with two attached hydrogens (primary N) is 2. The summed E-state index contributed by atoms with van der Waals surface area (Å²) in [6.45, 7) is 2.53. The Balaban J connectivity index is 1.63. The van der Waals surface area contributed by atoms with Crippen molar-refractivity contribution >= 4 is 41.5 Å². The number of alkyl carbamates (subject to hydrolysis) is 2. The van der Waals surface area contributed by atoms with E-state index in [9.17, 15) is 28.8 Å². The molecule has 0 aliphatic rings. The van der Waals surface area contributed by atoms with Crippen LogP contribution in [0.15, 0.2) is 115 Å². The molecule has 0 aromatic heterocycles. The molecule has 0 saturated heterocycles. The van der Waals surface area contributed by atoms with Crippen LogP contribution in [-0.2, 0) is 41.8 Å². The molecule has 0 heterocycles. The number of hydrogen-bond donors (Lipinski definition) is 7. The van der Waals surface area contributed by atoms with Crippen molar-refractivity contribution in [2.24, 2.45) is 11.5 Å². The highest BCUT2D eigenvalue weighted by molar-refractivity contribution is 6.02. The number of amides is 6. The number of carbonyl (C=O) groups is 6. The first-order chi connectivity index (χ1) is 29.9. The highest BCUT2D eigenvalue weighted by atomic mass is 16.6. The van der Waals surface area contributed by atoms with Gasteiger partial charge in [-0.2, -0.15) is 0 Å². The van der Waals surface area contributed by atoms with Gasteiger partial charge in [-0.15, -0.1) is 0 Å². The van der Waals surface area contributed by atoms with Gasteiger partial charge in [0.1, 0.15) is 25.0 Å². The molecule has 62 heavy (non-hydrogen) atoms. The van der Waals surface area contributed by atoms with Crippen LogP contribution < -0.4 is 42.8 Å². The lowest BCUT2D eigenvalue weighted by atomic mass is 10.1. The van der Waals surface area contributed by atoms with Crippen LogP contribution in [0.4, 0.5) is 15.3 Å². The molecule has 0 bridgehead atoms. The zero-order valence-corrected chi connectivity index (χ0v) is 35.3. The fourth-order valence-corrected chi connectivity index (χ4v) is 5.54. The van der Waals surface area contributed by atoms with E-state index >= 15 is 0 Å². The van der Waals surface area contributed by atoms with Gasteiger partial charge in [-0.25, -0.2) is 9.59 Å². The van der Waals surface area contributed by atoms with Crippen LogP contribution in [0.2, 0.25) is 0 Å². The summed E-state index contributed by atoms with van der Waals surface area (Å²) in [5.74, 6) is -1.87. The molecule has 0 saturated carbocycles. The molecular weight excluding hydrogens is 799 g/mol. The maximum atomic E-state index is 13.9. The molecule has 0 aliphatic heterocycles. The van der Waals surface area contributed by atoms with Crippen LogP contribution in [0.3, 0.4) is 0 Å². The van der Waals surface area contributed by atoms with E-state index in [1.807, 2.05) is 60.7 Å². The number of carbonyl (C=O) groups excluding carboxylic acids is 6. The molecule has 0 aliphatic carbocycles. The SMILES string of the molecule is CO/C(C)=C/C=C(\C=C\C(N)=O)NC(=O)[C@H](CCCCNC(=O)OCc1ccccc1)NC(=O)c1cc(NC(=O)[C@@H](N)CCCCNC(=O)OCc2ccccc2)ccc1OC. The number of benzene rings is 3. The number of hydrogen-bond acceptors (Lipinski definition) is 11. The Kier molecular flexibility index (Phi) is 21.9. The Bertz CT molecular complexity index is 2020. The summed E-state index contributed by atoms with van der Waals surface area (Å²) in [6, 6.07) is 21.0. The molecule has 0 spiro atoms. The molecule has 17 nitrogen and oxygen atoms in total. The highest BCUT2D eigenvalue weighted by Gasteiger charge is 2.24. The number of primary amides is 1. The van der Waals surface area contributed by atoms with Crippen molar-refractivity contribution in [3.63, 3.8) is 0 Å². The highest BCUT2D eigenvalue weighted by Crippen LogP contribution is 2.23. The minimum Gasteiger partial charge on any atom is -0.501 e. The lowest BCUT2D eigenvalue weighted by molar-refractivity contribution is -0.122. The lowest BCUT2D eigenvalue weighted by Crippen LogP contribution is -2.46. The molecule has 9 N–H and O–H groups in total. The Morgan fingerprint density at radius 2 is 1.29 bits per heavy atom. The molecule has 0 radical (unpaired) electrons. The first-order valence-electron chi connectivity index (χ1n) is 20.0. The van der Waals surface area contributed by atoms with Gasteiger partial charge < -0.3 is 57.0 Å². The predicted molar refractivity (Wildman–Crippen MR) is 233 cm³/mol. The van der Waals surface area contributed by atoms with Crippen molar-refractivity contribution in [2.75, 3.05) is 32.6 Å². The second-order valence-electron chi connectivity index (χ2n) is 13.8. The number of methoxy groups -OCH3 is 2. The van der Waals surface area contributed by atoms with Crippen LogP contribution in [0, 0.1) is 0 Å². The standard InChI is InChI=1S/C45H57N7O10/c1-31(59-2)20-21-34(23-25-40(47)53)50-43(56)38(19-11-13-27-49-45(58)62-30-33-16-8-5-9-17-33)52-41(54)36-28-35(22-24-39(36)60-3)51-42(55)37(46)18-10-12-26-48-44(57)61-29-32-14-6-4-7-15-32/h4-9,14-17,20-25,28,37-38H,10-13,18-19,26-27,29-30,46H2,1-3H3,(H2,47,53)(H,48,57)(H,49,58)(H,50,56)(H,51,55)(H,52,54)/b25-23+,31-20+,34-21+/t37-,38-/m0/s1. The molecule has 3 rings (SSSR count). The summed E-state index contributed by atoms with van der Waals surface area (Å²) in [7, 11) is 2.85. The molecule has 0 unspecified atom stereocenters. The van der Waals surface area contributed by atoms with Crippen molar-refractivity contribution in [1.29, 1.82) is 0 Å². The molecule has 0 fully saturated rings. The van der Waals surface area contributed by atoms with Crippen molar-refractivity contribution in [3.8, 4) is 5.75 Å². The van der Waals surface area contributed by atoms with E-state index in [0.29, 0.717) is 44.4 Å². The average molecular weight is 856 g/mol. The zero-order valence-electron chi connectivity index (χ0n) is 35.3. The van der Waals surface area contributed by atoms with Gasteiger partial charge in [0.2, 0.25) is 17.7 Å². The topological polar surface area (TPSA) is 252 Å². The lowest BCUT2D eigenvalue weighted by Gasteiger charge is -2.20. The summed E-state index contributed by atoms with van der Waals surface area (Å²) in [5, 5.41) is 13.6. The van der Waals surface area contributed by atoms with Gasteiger partial charge in [-0.3, -0.25) is 19.2 Å². The van der Waals surface area contributed by atoms with Crippen molar-refractivity contribution in [1.82, 2.24) is 21.3 Å². The van der Waals surface area contributed by atoms with Crippen LogP contribution in [-0.4, -0.2) is 75.2 Å². The maximum Gasteiger partial charge on any atom is 0.407 e. The van der Waals surface area contributed by atoms with Crippen molar-refractivity contribution < 1.29 is 47.7 Å². The Morgan fingerprint density at radius 3 is 1.84 bits per heavy atom. The monoisotopic (exact) mass is 855 g/mol. The van der Waals surface area contributed by atoms with E-state index in [0.717, 1.165) is 17.2 Å². The molecule has 3 aromatic rings. The first-order valence-corrected chi connectivity index (χ1v) is 20.0. The molecular formula is C45H57N7O10. The minimum atomic E-state index is -1.12. The van der Waals surface area contributed by atoms with Gasteiger partial charge in [0.05, 0.1) is 31.6 Å². The molecule has 3 aromatic carbocycles. The van der Waals surface area contributed by atoms with Gasteiger partial charge in [0.25, 0.3) is 5.91 Å². The predicted octanol–water partition coefficient (Wildman–Crippen LogP) is 4.84. The van der Waals surface area contributed by atoms with Crippen molar-refractivity contribution in [3.05, 3.63) is 131 Å². The minimum absolute atomic E-state index is 0.0211. The summed E-state index contributed by atoms with van der Waals surface area (Å²) < 4.78 is 21.1. The number of rotatable bonds is 25. The van der Waals surface area contributed by atoms with Gasteiger partial charge >= 0.3 is 12.2 Å². The van der Waals surface area contributed by atoms with E-state index in [1.165, 1.54) is 38.5 Å². The third-order valence-electron chi connectivity index (χ3n) is 9.01. The first kappa shape index (κ1) is 49.2. The van der Waals surface area contributed by atoms with Gasteiger partial charge in [-0.05, 0) is 93.0 Å². The third-order valence-corrected chi connectivity index (χ3v) is 9.01. The fraction of sp³-hybridized carbons (Fsp3) is 0.333. The van der Waals surface area contributed by atoms with E-state index < -0.39 is 47.9 Å². The molecule has 332 valence electrons. The van der Waals surface area contributed by atoms with E-state index in [4.69, 9.17) is 30.4 Å². The zero-order chi connectivity index (χ0) is 45.1. The second-order valence-corrected chi connectivity index (χ2v) is 13.8. The quantitative estimate of drug-likeness (QED) is 0.0263. The van der Waals surface area contributed by atoms with Crippen LogP contribution in [0.5, 0.6) is 5.75 Å². The number of allylic oxidation sites excluding steroid dienone is 4. The smallest absolute Gasteiger partial charge is 0.407 e. The number of anilines is 1. The number of unbranched alkanes of at least 4 members (excludes halogenated alkanes) is 2. The Morgan fingerprint density at radius 1 is 0.710 bits per heavy atom. The fourth-order valence-electron chi connectivity index (χ4n) is 5.54. The van der Waals surface area contributed by atoms with Crippen LogP contribution >= 0.6 is 0 Å². The largest absolute Gasteiger partial charge is 0.501 e. The molecule has 2 atom stereocenters. The number of nitrogens with one attached hydrogen (secondary N) is 5. The summed E-state index contributed by atoms with van der Waals surface area (Å²) >= 11 is 0. The van der Waals surface area contributed by atoms with Crippen LogP contribution in [0.25, 0.3) is 0 Å². The molecule has 6 amide bonds. The number of ether oxygens (including phenoxy) is 4. The third kappa shape index (κ3) is 19.3. The van der Waals surface area contributed by atoms with Gasteiger partial charge in [-0.1, -0.05) is 60.7 Å². The second kappa shape index (κ2) is 27.6. The Hall–Kier alpha value is -7.14. The summed E-state index contributed by atoms with van der Waals surface area (Å²) in [4.78, 5) is 76.4. The van der Waals surface area contributed by atoms with E-state index in [1.54, 1.807) is 19.1 Å². The summed E-state index contributed by atoms with van der Waals surface area (Å²) in [5.41, 5.74) is 13.6. The average Bonchev–Trinajstić information content (AvgIpc) is 3.28. The van der Waals surface area contributed by atoms with Gasteiger partial charge in [0.15, 0.2) is 0 Å². The van der Waals surface area contributed by atoms with E-state index in [-0.39, 0.29) is 48.9 Å².